The number of aromatic amines is 1. The van der Waals surface area contributed by atoms with Crippen molar-refractivity contribution in [1.29, 1.82) is 0 Å². The van der Waals surface area contributed by atoms with E-state index in [1.807, 2.05) is 36.4 Å². The van der Waals surface area contributed by atoms with E-state index in [1.165, 1.54) is 0 Å². The Kier molecular flexibility index (Phi) is 8.54. The minimum Gasteiger partial charge on any atom is -0.772 e. The Hall–Kier alpha value is -2.78. The van der Waals surface area contributed by atoms with Crippen molar-refractivity contribution in [2.75, 3.05) is 18.0 Å². The van der Waals surface area contributed by atoms with Crippen molar-refractivity contribution in [2.45, 2.75) is 45.3 Å². The number of hydrogen-bond donors (Lipinski definition) is 1. The monoisotopic (exact) mass is 442 g/mol. The second kappa shape index (κ2) is 11.6. The van der Waals surface area contributed by atoms with Gasteiger partial charge in [-0.15, -0.1) is 10.2 Å². The summed E-state index contributed by atoms with van der Waals surface area (Å²) < 4.78 is 29.6. The van der Waals surface area contributed by atoms with Gasteiger partial charge in [-0.1, -0.05) is 56.0 Å². The van der Waals surface area contributed by atoms with Crippen molar-refractivity contribution in [1.82, 2.24) is 20.6 Å². The topological polar surface area (TPSA) is 107 Å². The third-order valence-corrected chi connectivity index (χ3v) is 5.44. The first-order chi connectivity index (χ1) is 15.1. The van der Waals surface area contributed by atoms with Gasteiger partial charge in [0.25, 0.3) is 0 Å². The Morgan fingerprint density at radius 3 is 2.39 bits per heavy atom. The van der Waals surface area contributed by atoms with Crippen LogP contribution in [0.1, 0.15) is 45.1 Å². The zero-order valence-corrected chi connectivity index (χ0v) is 18.7. The third kappa shape index (κ3) is 6.35. The number of rotatable bonds is 12. The summed E-state index contributed by atoms with van der Waals surface area (Å²) >= 11 is -2.28. The van der Waals surface area contributed by atoms with Crippen molar-refractivity contribution in [3.63, 3.8) is 0 Å². The number of nitrogens with zero attached hydrogens (tertiary/aromatic N) is 4. The molecule has 0 saturated carbocycles. The highest BCUT2D eigenvalue weighted by Gasteiger charge is 2.20. The van der Waals surface area contributed by atoms with Crippen molar-refractivity contribution in [3.8, 4) is 22.9 Å². The molecule has 31 heavy (non-hydrogen) atoms. The van der Waals surface area contributed by atoms with Crippen LogP contribution in [0.2, 0.25) is 0 Å². The standard InChI is InChI=1S/C22H29N5O3S/c1-3-5-12-27(13-6-4-2)20-15-17(22-23-25-26-24-22)14-18(16-31(28)29)21(20)30-19-10-8-7-9-11-19/h7-11,14-15H,3-6,12-13,16H2,1-2H3,(H,28,29)(H,23,24,25,26)/p-1. The number of unbranched alkanes of at least 4 members (excludes halogenated alkanes) is 2. The molecule has 1 atom stereocenters. The van der Waals surface area contributed by atoms with E-state index < -0.39 is 11.1 Å². The van der Waals surface area contributed by atoms with Gasteiger partial charge < -0.3 is 14.2 Å². The fourth-order valence-corrected chi connectivity index (χ4v) is 3.80. The molecule has 166 valence electrons. The van der Waals surface area contributed by atoms with Gasteiger partial charge in [0, 0.05) is 30.0 Å². The highest BCUT2D eigenvalue weighted by atomic mass is 32.2. The lowest BCUT2D eigenvalue weighted by molar-refractivity contribution is 0.474. The highest BCUT2D eigenvalue weighted by molar-refractivity contribution is 7.78. The Labute approximate surface area is 185 Å². The molecule has 1 unspecified atom stereocenters. The number of H-pyrrole nitrogens is 1. The molecule has 8 nitrogen and oxygen atoms in total. The SMILES string of the molecule is CCCCN(CCCC)c1cc(-c2nn[nH]n2)cc(CS(=O)[O-])c1Oc1ccccc1. The van der Waals surface area contributed by atoms with Gasteiger partial charge in [0.2, 0.25) is 5.82 Å². The summed E-state index contributed by atoms with van der Waals surface area (Å²) in [6, 6.07) is 13.1. The van der Waals surface area contributed by atoms with E-state index in [1.54, 1.807) is 6.07 Å². The Morgan fingerprint density at radius 1 is 1.10 bits per heavy atom. The number of benzene rings is 2. The van der Waals surface area contributed by atoms with Gasteiger partial charge in [-0.05, 0) is 42.3 Å². The van der Waals surface area contributed by atoms with Crippen LogP contribution >= 0.6 is 0 Å². The summed E-state index contributed by atoms with van der Waals surface area (Å²) in [5.74, 6) is 1.45. The van der Waals surface area contributed by atoms with Gasteiger partial charge in [0.05, 0.1) is 5.69 Å². The molecule has 3 aromatic rings. The van der Waals surface area contributed by atoms with Gasteiger partial charge in [-0.3, -0.25) is 4.21 Å². The summed E-state index contributed by atoms with van der Waals surface area (Å²) in [4.78, 5) is 2.27. The van der Waals surface area contributed by atoms with Crippen LogP contribution in [0.4, 0.5) is 5.69 Å². The number of nitrogens with one attached hydrogen (secondary N) is 1. The highest BCUT2D eigenvalue weighted by Crippen LogP contribution is 2.40. The summed E-state index contributed by atoms with van der Waals surface area (Å²) in [6.45, 7) is 6.00. The van der Waals surface area contributed by atoms with E-state index in [-0.39, 0.29) is 5.75 Å². The lowest BCUT2D eigenvalue weighted by atomic mass is 10.1. The number of tetrazole rings is 1. The summed E-state index contributed by atoms with van der Waals surface area (Å²) in [6.07, 6.45) is 4.15. The Morgan fingerprint density at radius 2 is 1.81 bits per heavy atom. The molecule has 0 saturated heterocycles. The second-order valence-corrected chi connectivity index (χ2v) is 8.17. The summed E-state index contributed by atoms with van der Waals surface area (Å²) in [7, 11) is 0. The normalized spacial score (nSPS) is 12.0. The molecular formula is C22H28N5O3S-. The van der Waals surface area contributed by atoms with E-state index >= 15 is 0 Å². The minimum atomic E-state index is -2.28. The molecular weight excluding hydrogens is 414 g/mol. The number of ether oxygens (including phenoxy) is 1. The zero-order valence-electron chi connectivity index (χ0n) is 17.9. The fraction of sp³-hybridized carbons (Fsp3) is 0.409. The van der Waals surface area contributed by atoms with Gasteiger partial charge in [-0.25, -0.2) is 0 Å². The summed E-state index contributed by atoms with van der Waals surface area (Å²) in [5, 5.41) is 14.3. The maximum atomic E-state index is 11.7. The second-order valence-electron chi connectivity index (χ2n) is 7.28. The van der Waals surface area contributed by atoms with Crippen LogP contribution in [0.15, 0.2) is 42.5 Å². The van der Waals surface area contributed by atoms with E-state index in [2.05, 4.69) is 39.4 Å². The first kappa shape index (κ1) is 22.9. The lowest BCUT2D eigenvalue weighted by Crippen LogP contribution is -2.26. The van der Waals surface area contributed by atoms with E-state index in [9.17, 15) is 8.76 Å². The smallest absolute Gasteiger partial charge is 0.204 e. The Balaban J connectivity index is 2.15. The molecule has 0 spiro atoms. The first-order valence-electron chi connectivity index (χ1n) is 10.6. The van der Waals surface area contributed by atoms with E-state index in [0.717, 1.165) is 44.5 Å². The van der Waals surface area contributed by atoms with Crippen LogP contribution in [0, 0.1) is 0 Å². The number of hydrogen-bond acceptors (Lipinski definition) is 7. The molecule has 0 fully saturated rings. The molecule has 1 N–H and O–H groups in total. The van der Waals surface area contributed by atoms with Crippen molar-refractivity contribution in [2.24, 2.45) is 0 Å². The van der Waals surface area contributed by atoms with Gasteiger partial charge in [0.1, 0.15) is 5.75 Å². The molecule has 0 aliphatic heterocycles. The number of anilines is 1. The lowest BCUT2D eigenvalue weighted by Gasteiger charge is -2.29. The molecule has 0 aliphatic carbocycles. The van der Waals surface area contributed by atoms with Crippen LogP contribution < -0.4 is 9.64 Å². The van der Waals surface area contributed by atoms with Crippen molar-refractivity contribution >= 4 is 16.8 Å². The molecule has 1 heterocycles. The maximum absolute atomic E-state index is 11.7. The molecule has 0 aliphatic rings. The Bertz CT molecular complexity index is 959. The molecule has 0 bridgehead atoms. The molecule has 0 amide bonds. The average molecular weight is 443 g/mol. The molecule has 0 radical (unpaired) electrons. The van der Waals surface area contributed by atoms with Gasteiger partial charge in [0.15, 0.2) is 5.75 Å². The quantitative estimate of drug-likeness (QED) is 0.413. The zero-order chi connectivity index (χ0) is 22.1. The van der Waals surface area contributed by atoms with E-state index in [0.29, 0.717) is 28.5 Å². The van der Waals surface area contributed by atoms with Crippen LogP contribution in [0.5, 0.6) is 11.5 Å². The fourth-order valence-electron chi connectivity index (χ4n) is 3.33. The van der Waals surface area contributed by atoms with Crippen molar-refractivity contribution < 1.29 is 13.5 Å². The molecule has 1 aromatic heterocycles. The van der Waals surface area contributed by atoms with Crippen LogP contribution in [0.3, 0.4) is 0 Å². The van der Waals surface area contributed by atoms with Gasteiger partial charge in [-0.2, -0.15) is 5.21 Å². The van der Waals surface area contributed by atoms with E-state index in [4.69, 9.17) is 4.74 Å². The molecule has 9 heteroatoms. The van der Waals surface area contributed by atoms with Gasteiger partial charge >= 0.3 is 0 Å². The predicted molar refractivity (Wildman–Crippen MR) is 121 cm³/mol. The number of aromatic nitrogens is 4. The number of para-hydroxylation sites is 1. The van der Waals surface area contributed by atoms with Crippen LogP contribution in [-0.4, -0.2) is 42.5 Å². The summed E-state index contributed by atoms with van der Waals surface area (Å²) in [5.41, 5.74) is 2.10. The molecule has 3 rings (SSSR count). The predicted octanol–water partition coefficient (Wildman–Crippen LogP) is 4.44. The third-order valence-electron chi connectivity index (χ3n) is 4.89. The van der Waals surface area contributed by atoms with Crippen LogP contribution in [0.25, 0.3) is 11.4 Å². The first-order valence-corrected chi connectivity index (χ1v) is 11.8. The average Bonchev–Trinajstić information content (AvgIpc) is 3.30. The largest absolute Gasteiger partial charge is 0.772 e. The minimum absolute atomic E-state index is 0.170. The maximum Gasteiger partial charge on any atom is 0.204 e. The molecule has 2 aromatic carbocycles. The van der Waals surface area contributed by atoms with Crippen LogP contribution in [-0.2, 0) is 16.8 Å². The van der Waals surface area contributed by atoms with Crippen molar-refractivity contribution in [3.05, 3.63) is 48.0 Å².